The maximum atomic E-state index is 13.3. The van der Waals surface area contributed by atoms with E-state index in [-0.39, 0.29) is 36.1 Å². The molecule has 2 atom stereocenters. The van der Waals surface area contributed by atoms with Crippen molar-refractivity contribution in [1.82, 2.24) is 5.32 Å². The van der Waals surface area contributed by atoms with Gasteiger partial charge >= 0.3 is 0 Å². The molecule has 2 unspecified atom stereocenters. The third-order valence-electron chi connectivity index (χ3n) is 6.05. The molecule has 30 heavy (non-hydrogen) atoms. The van der Waals surface area contributed by atoms with Gasteiger partial charge < -0.3 is 10.1 Å². The average molecular weight is 404 g/mol. The Morgan fingerprint density at radius 2 is 1.73 bits per heavy atom. The summed E-state index contributed by atoms with van der Waals surface area (Å²) in [6, 6.07) is 16.3. The van der Waals surface area contributed by atoms with E-state index in [0.29, 0.717) is 12.8 Å². The van der Waals surface area contributed by atoms with Crippen molar-refractivity contribution in [2.45, 2.75) is 64.4 Å². The summed E-state index contributed by atoms with van der Waals surface area (Å²) in [4.78, 5) is 25.9. The lowest BCUT2D eigenvalue weighted by molar-refractivity contribution is -0.122. The summed E-state index contributed by atoms with van der Waals surface area (Å²) in [7, 11) is 0. The number of carbonyl (C=O) groups is 2. The van der Waals surface area contributed by atoms with Crippen molar-refractivity contribution >= 4 is 11.7 Å². The monoisotopic (exact) mass is 403 g/mol. The van der Waals surface area contributed by atoms with Crippen LogP contribution in [0, 0.1) is 0 Å². The molecule has 0 bridgehead atoms. The van der Waals surface area contributed by atoms with Crippen LogP contribution in [0.1, 0.15) is 68.6 Å². The summed E-state index contributed by atoms with van der Waals surface area (Å²) in [5.41, 5.74) is 4.92. The van der Waals surface area contributed by atoms with Gasteiger partial charge in [0.05, 0.1) is 6.10 Å². The normalized spacial score (nSPS) is 21.5. The van der Waals surface area contributed by atoms with Crippen LogP contribution in [0.3, 0.4) is 0 Å². The second-order valence-corrected chi connectivity index (χ2v) is 8.53. The van der Waals surface area contributed by atoms with Crippen LogP contribution < -0.4 is 10.1 Å². The molecule has 4 heteroatoms. The molecular weight excluding hydrogens is 374 g/mol. The lowest BCUT2D eigenvalue weighted by Gasteiger charge is -2.35. The van der Waals surface area contributed by atoms with Gasteiger partial charge in [0.25, 0.3) is 0 Å². The van der Waals surface area contributed by atoms with Crippen LogP contribution in [0.15, 0.2) is 59.8 Å². The SMILES string of the molecule is CCc1ccc(C2CC(=O)C3=C(C2)NC(=O)CC3c2ccccc2OC(C)C)cc1. The average Bonchev–Trinajstić information content (AvgIpc) is 2.73. The van der Waals surface area contributed by atoms with E-state index in [9.17, 15) is 9.59 Å². The van der Waals surface area contributed by atoms with Gasteiger partial charge in [-0.3, -0.25) is 9.59 Å². The number of hydrogen-bond donors (Lipinski definition) is 1. The molecule has 4 rings (SSSR count). The van der Waals surface area contributed by atoms with Crippen molar-refractivity contribution < 1.29 is 14.3 Å². The smallest absolute Gasteiger partial charge is 0.225 e. The van der Waals surface area contributed by atoms with Gasteiger partial charge in [-0.2, -0.15) is 0 Å². The number of benzene rings is 2. The Bertz CT molecular complexity index is 988. The fourth-order valence-electron chi connectivity index (χ4n) is 4.62. The maximum absolute atomic E-state index is 13.3. The van der Waals surface area contributed by atoms with Crippen LogP contribution in [0.25, 0.3) is 0 Å². The highest BCUT2D eigenvalue weighted by atomic mass is 16.5. The first-order chi connectivity index (χ1) is 14.5. The fourth-order valence-corrected chi connectivity index (χ4v) is 4.62. The predicted molar refractivity (Wildman–Crippen MR) is 118 cm³/mol. The van der Waals surface area contributed by atoms with Gasteiger partial charge in [0.1, 0.15) is 5.75 Å². The second kappa shape index (κ2) is 8.47. The molecular formula is C26H29NO3. The van der Waals surface area contributed by atoms with Crippen molar-refractivity contribution in [3.63, 3.8) is 0 Å². The largest absolute Gasteiger partial charge is 0.491 e. The van der Waals surface area contributed by atoms with E-state index in [0.717, 1.165) is 34.6 Å². The second-order valence-electron chi connectivity index (χ2n) is 8.53. The lowest BCUT2D eigenvalue weighted by Crippen LogP contribution is -2.38. The number of aryl methyl sites for hydroxylation is 1. The summed E-state index contributed by atoms with van der Waals surface area (Å²) in [6.45, 7) is 6.10. The summed E-state index contributed by atoms with van der Waals surface area (Å²) >= 11 is 0. The molecule has 1 amide bonds. The van der Waals surface area contributed by atoms with Gasteiger partial charge in [-0.15, -0.1) is 0 Å². The Morgan fingerprint density at radius 1 is 1.00 bits per heavy atom. The zero-order chi connectivity index (χ0) is 21.3. The Morgan fingerprint density at radius 3 is 2.43 bits per heavy atom. The van der Waals surface area contributed by atoms with Crippen molar-refractivity contribution in [2.24, 2.45) is 0 Å². The third kappa shape index (κ3) is 4.04. The van der Waals surface area contributed by atoms with Gasteiger partial charge in [0.2, 0.25) is 5.91 Å². The standard InChI is InChI=1S/C26H29NO3/c1-4-17-9-11-18(12-10-17)19-13-22-26(23(28)14-19)21(15-25(29)27-22)20-7-5-6-8-24(20)30-16(2)3/h5-12,16,19,21H,4,13-15H2,1-3H3,(H,27,29). The first-order valence-electron chi connectivity index (χ1n) is 10.9. The molecule has 0 saturated heterocycles. The highest BCUT2D eigenvalue weighted by Gasteiger charge is 2.39. The first-order valence-corrected chi connectivity index (χ1v) is 10.9. The number of allylic oxidation sites excluding steroid dienone is 2. The molecule has 0 saturated carbocycles. The molecule has 2 aliphatic rings. The molecule has 1 aliphatic carbocycles. The number of para-hydroxylation sites is 1. The zero-order valence-corrected chi connectivity index (χ0v) is 17.9. The van der Waals surface area contributed by atoms with Crippen LogP contribution in [0.5, 0.6) is 5.75 Å². The van der Waals surface area contributed by atoms with E-state index in [2.05, 4.69) is 36.5 Å². The molecule has 4 nitrogen and oxygen atoms in total. The minimum absolute atomic E-state index is 0.0227. The summed E-state index contributed by atoms with van der Waals surface area (Å²) in [6.07, 6.45) is 2.45. The van der Waals surface area contributed by atoms with E-state index in [1.807, 2.05) is 38.1 Å². The van der Waals surface area contributed by atoms with E-state index < -0.39 is 0 Å². The molecule has 0 fully saturated rings. The highest BCUT2D eigenvalue weighted by molar-refractivity contribution is 6.02. The number of nitrogens with one attached hydrogen (secondary N) is 1. The number of Topliss-reactive ketones (excluding diaryl/α,β-unsaturated/α-hetero) is 1. The lowest BCUT2D eigenvalue weighted by atomic mass is 9.73. The van der Waals surface area contributed by atoms with E-state index >= 15 is 0 Å². The molecule has 0 aromatic heterocycles. The molecule has 1 aliphatic heterocycles. The van der Waals surface area contributed by atoms with Gasteiger partial charge in [0.15, 0.2) is 5.78 Å². The number of amides is 1. The minimum atomic E-state index is -0.250. The van der Waals surface area contributed by atoms with E-state index in [1.54, 1.807) is 0 Å². The van der Waals surface area contributed by atoms with Crippen molar-refractivity contribution in [3.8, 4) is 5.75 Å². The van der Waals surface area contributed by atoms with Gasteiger partial charge in [0, 0.05) is 35.6 Å². The van der Waals surface area contributed by atoms with E-state index in [4.69, 9.17) is 4.74 Å². The van der Waals surface area contributed by atoms with Crippen LogP contribution in [0.2, 0.25) is 0 Å². The third-order valence-corrected chi connectivity index (χ3v) is 6.05. The van der Waals surface area contributed by atoms with Crippen LogP contribution >= 0.6 is 0 Å². The number of hydrogen-bond acceptors (Lipinski definition) is 3. The Hall–Kier alpha value is -2.88. The minimum Gasteiger partial charge on any atom is -0.491 e. The first kappa shape index (κ1) is 20.4. The molecule has 1 heterocycles. The number of ether oxygens (including phenoxy) is 1. The molecule has 156 valence electrons. The van der Waals surface area contributed by atoms with Crippen molar-refractivity contribution in [2.75, 3.05) is 0 Å². The Balaban J connectivity index is 1.69. The number of ketones is 1. The van der Waals surface area contributed by atoms with Gasteiger partial charge in [-0.1, -0.05) is 49.4 Å². The number of carbonyl (C=O) groups excluding carboxylic acids is 2. The Kier molecular flexibility index (Phi) is 5.76. The highest BCUT2D eigenvalue weighted by Crippen LogP contribution is 2.44. The van der Waals surface area contributed by atoms with Crippen LogP contribution in [-0.4, -0.2) is 17.8 Å². The summed E-state index contributed by atoms with van der Waals surface area (Å²) < 4.78 is 6.00. The van der Waals surface area contributed by atoms with E-state index in [1.165, 1.54) is 5.56 Å². The summed E-state index contributed by atoms with van der Waals surface area (Å²) in [5.74, 6) is 0.699. The topological polar surface area (TPSA) is 55.4 Å². The molecule has 0 spiro atoms. The molecule has 2 aromatic rings. The zero-order valence-electron chi connectivity index (χ0n) is 17.9. The quantitative estimate of drug-likeness (QED) is 0.761. The van der Waals surface area contributed by atoms with Gasteiger partial charge in [-0.25, -0.2) is 0 Å². The number of rotatable bonds is 5. The summed E-state index contributed by atoms with van der Waals surface area (Å²) in [5, 5.41) is 3.01. The fraction of sp³-hybridized carbons (Fsp3) is 0.385. The predicted octanol–water partition coefficient (Wildman–Crippen LogP) is 5.04. The molecule has 1 N–H and O–H groups in total. The van der Waals surface area contributed by atoms with Crippen molar-refractivity contribution in [1.29, 1.82) is 0 Å². The van der Waals surface area contributed by atoms with Crippen LogP contribution in [0.4, 0.5) is 0 Å². The molecule has 2 aromatic carbocycles. The molecule has 0 radical (unpaired) electrons. The van der Waals surface area contributed by atoms with Crippen LogP contribution in [-0.2, 0) is 16.0 Å². The maximum Gasteiger partial charge on any atom is 0.225 e. The van der Waals surface area contributed by atoms with Gasteiger partial charge in [-0.05, 0) is 49.8 Å². The Labute approximate surface area is 178 Å². The van der Waals surface area contributed by atoms with Crippen molar-refractivity contribution in [3.05, 3.63) is 76.5 Å².